The fourth-order valence-electron chi connectivity index (χ4n) is 2.42. The molecule has 0 aliphatic heterocycles. The summed E-state index contributed by atoms with van der Waals surface area (Å²) < 4.78 is 30.6. The van der Waals surface area contributed by atoms with E-state index >= 15 is 0 Å². The van der Waals surface area contributed by atoms with Crippen LogP contribution in [0.15, 0.2) is 42.5 Å². The number of amides is 1. The summed E-state index contributed by atoms with van der Waals surface area (Å²) in [5, 5.41) is 2.70. The van der Waals surface area contributed by atoms with E-state index in [1.165, 1.54) is 7.11 Å². The van der Waals surface area contributed by atoms with Crippen molar-refractivity contribution < 1.29 is 17.9 Å². The molecule has 0 spiro atoms. The summed E-state index contributed by atoms with van der Waals surface area (Å²) in [6.45, 7) is 3.43. The maximum absolute atomic E-state index is 12.4. The molecule has 0 aromatic heterocycles. The molecule has 2 aromatic rings. The van der Waals surface area contributed by atoms with Gasteiger partial charge in [-0.15, -0.1) is 0 Å². The highest BCUT2D eigenvalue weighted by atomic mass is 32.2. The maximum atomic E-state index is 12.4. The quantitative estimate of drug-likeness (QED) is 0.857. The Bertz CT molecular complexity index is 878. The van der Waals surface area contributed by atoms with Gasteiger partial charge in [0.05, 0.1) is 19.1 Å². The molecule has 0 bridgehead atoms. The highest BCUT2D eigenvalue weighted by molar-refractivity contribution is 7.92. The van der Waals surface area contributed by atoms with Crippen molar-refractivity contribution in [1.82, 2.24) is 0 Å². The third kappa shape index (κ3) is 4.73. The molecule has 2 aromatic carbocycles. The number of ether oxygens (including phenoxy) is 1. The number of methoxy groups -OCH3 is 1. The Labute approximate surface area is 148 Å². The number of anilines is 2. The second-order valence-electron chi connectivity index (χ2n) is 5.77. The molecule has 0 aliphatic carbocycles. The van der Waals surface area contributed by atoms with Crippen LogP contribution < -0.4 is 14.4 Å². The largest absolute Gasteiger partial charge is 0.497 e. The van der Waals surface area contributed by atoms with Crippen LogP contribution in [0.4, 0.5) is 11.4 Å². The first-order chi connectivity index (χ1) is 11.7. The minimum Gasteiger partial charge on any atom is -0.497 e. The van der Waals surface area contributed by atoms with Gasteiger partial charge in [-0.25, -0.2) is 8.42 Å². The minimum atomic E-state index is -3.61. The number of aryl methyl sites for hydroxylation is 1. The first-order valence-electron chi connectivity index (χ1n) is 7.70. The molecule has 0 heterocycles. The van der Waals surface area contributed by atoms with Gasteiger partial charge >= 0.3 is 0 Å². The van der Waals surface area contributed by atoms with Crippen molar-refractivity contribution in [2.75, 3.05) is 29.5 Å². The van der Waals surface area contributed by atoms with Crippen molar-refractivity contribution >= 4 is 27.3 Å². The third-order valence-electron chi connectivity index (χ3n) is 3.89. The van der Waals surface area contributed by atoms with Crippen LogP contribution in [0.3, 0.4) is 0 Å². The van der Waals surface area contributed by atoms with Gasteiger partial charge in [0, 0.05) is 11.8 Å². The molecule has 0 aliphatic rings. The number of rotatable bonds is 6. The van der Waals surface area contributed by atoms with Crippen LogP contribution >= 0.6 is 0 Å². The number of carbonyl (C=O) groups excluding carboxylic acids is 1. The van der Waals surface area contributed by atoms with Gasteiger partial charge in [0.25, 0.3) is 0 Å². The maximum Gasteiger partial charge on any atom is 0.245 e. The first-order valence-corrected chi connectivity index (χ1v) is 9.55. The lowest BCUT2D eigenvalue weighted by molar-refractivity contribution is -0.114. The lowest BCUT2D eigenvalue weighted by Gasteiger charge is -2.24. The van der Waals surface area contributed by atoms with Gasteiger partial charge in [-0.3, -0.25) is 9.10 Å². The number of nitrogens with zero attached hydrogens (tertiary/aromatic N) is 1. The highest BCUT2D eigenvalue weighted by Gasteiger charge is 2.22. The van der Waals surface area contributed by atoms with Crippen LogP contribution in [0, 0.1) is 13.8 Å². The molecule has 25 heavy (non-hydrogen) atoms. The summed E-state index contributed by atoms with van der Waals surface area (Å²) in [5.41, 5.74) is 2.82. The average Bonchev–Trinajstić information content (AvgIpc) is 2.55. The average molecular weight is 362 g/mol. The topological polar surface area (TPSA) is 75.7 Å². The van der Waals surface area contributed by atoms with Crippen LogP contribution in [0.25, 0.3) is 0 Å². The number of carbonyl (C=O) groups is 1. The van der Waals surface area contributed by atoms with Crippen LogP contribution in [-0.4, -0.2) is 34.2 Å². The normalized spacial score (nSPS) is 11.0. The predicted octanol–water partition coefficient (Wildman–Crippen LogP) is 2.72. The summed E-state index contributed by atoms with van der Waals surface area (Å²) in [4.78, 5) is 12.4. The van der Waals surface area contributed by atoms with Crippen molar-refractivity contribution in [1.29, 1.82) is 0 Å². The van der Waals surface area contributed by atoms with E-state index < -0.39 is 15.9 Å². The van der Waals surface area contributed by atoms with E-state index in [2.05, 4.69) is 5.32 Å². The molecule has 0 fully saturated rings. The Balaban J connectivity index is 2.25. The van der Waals surface area contributed by atoms with E-state index in [0.717, 1.165) is 21.7 Å². The zero-order valence-electron chi connectivity index (χ0n) is 14.7. The number of hydrogen-bond donors (Lipinski definition) is 1. The summed E-state index contributed by atoms with van der Waals surface area (Å²) in [6, 6.07) is 12.2. The molecular formula is C18H22N2O4S. The van der Waals surface area contributed by atoms with Gasteiger partial charge in [0.1, 0.15) is 12.3 Å². The second kappa shape index (κ2) is 7.57. The Morgan fingerprint density at radius 2 is 1.84 bits per heavy atom. The third-order valence-corrected chi connectivity index (χ3v) is 5.01. The van der Waals surface area contributed by atoms with Crippen LogP contribution in [-0.2, 0) is 14.8 Å². The van der Waals surface area contributed by atoms with Gasteiger partial charge in [-0.1, -0.05) is 18.2 Å². The SMILES string of the molecule is COc1cccc(NC(=O)CN(c2cccc(C)c2C)S(C)(=O)=O)c1. The number of nitrogens with one attached hydrogen (secondary N) is 1. The second-order valence-corrected chi connectivity index (χ2v) is 7.68. The molecule has 0 atom stereocenters. The molecule has 1 amide bonds. The van der Waals surface area contributed by atoms with Crippen molar-refractivity contribution in [3.63, 3.8) is 0 Å². The fraction of sp³-hybridized carbons (Fsp3) is 0.278. The van der Waals surface area contributed by atoms with Crippen molar-refractivity contribution in [2.24, 2.45) is 0 Å². The van der Waals surface area contributed by atoms with Gasteiger partial charge in [0.15, 0.2) is 0 Å². The number of hydrogen-bond acceptors (Lipinski definition) is 4. The Morgan fingerprint density at radius 3 is 2.48 bits per heavy atom. The van der Waals surface area contributed by atoms with Crippen LogP contribution in [0.1, 0.15) is 11.1 Å². The van der Waals surface area contributed by atoms with Gasteiger partial charge < -0.3 is 10.1 Å². The summed E-state index contributed by atoms with van der Waals surface area (Å²) in [7, 11) is -2.08. The molecule has 0 radical (unpaired) electrons. The van der Waals surface area contributed by atoms with Crippen LogP contribution in [0.5, 0.6) is 5.75 Å². The zero-order chi connectivity index (χ0) is 18.6. The highest BCUT2D eigenvalue weighted by Crippen LogP contribution is 2.25. The van der Waals surface area contributed by atoms with Gasteiger partial charge in [0.2, 0.25) is 15.9 Å². The van der Waals surface area contributed by atoms with Crippen molar-refractivity contribution in [2.45, 2.75) is 13.8 Å². The lowest BCUT2D eigenvalue weighted by Crippen LogP contribution is -2.38. The molecular weight excluding hydrogens is 340 g/mol. The molecule has 6 nitrogen and oxygen atoms in total. The standard InChI is InChI=1S/C18H22N2O4S/c1-13-7-5-10-17(14(13)2)20(25(4,22)23)12-18(21)19-15-8-6-9-16(11-15)24-3/h5-11H,12H2,1-4H3,(H,19,21). The first kappa shape index (κ1) is 18.8. The smallest absolute Gasteiger partial charge is 0.245 e. The summed E-state index contributed by atoms with van der Waals surface area (Å²) >= 11 is 0. The van der Waals surface area contributed by atoms with Gasteiger partial charge in [-0.2, -0.15) is 0 Å². The molecule has 1 N–H and O–H groups in total. The lowest BCUT2D eigenvalue weighted by atomic mass is 10.1. The predicted molar refractivity (Wildman–Crippen MR) is 99.7 cm³/mol. The minimum absolute atomic E-state index is 0.305. The summed E-state index contributed by atoms with van der Waals surface area (Å²) in [6.07, 6.45) is 1.09. The Hall–Kier alpha value is -2.54. The van der Waals surface area contributed by atoms with E-state index in [-0.39, 0.29) is 6.54 Å². The molecule has 0 unspecified atom stereocenters. The van der Waals surface area contributed by atoms with Crippen molar-refractivity contribution in [3.05, 3.63) is 53.6 Å². The summed E-state index contributed by atoms with van der Waals surface area (Å²) in [5.74, 6) is 0.173. The van der Waals surface area contributed by atoms with Crippen LogP contribution in [0.2, 0.25) is 0 Å². The van der Waals surface area contributed by atoms with E-state index in [1.807, 2.05) is 19.9 Å². The van der Waals surface area contributed by atoms with Crippen molar-refractivity contribution in [3.8, 4) is 5.75 Å². The molecule has 0 saturated carbocycles. The van der Waals surface area contributed by atoms with Gasteiger partial charge in [-0.05, 0) is 43.2 Å². The van der Waals surface area contributed by atoms with E-state index in [0.29, 0.717) is 17.1 Å². The Morgan fingerprint density at radius 1 is 1.16 bits per heavy atom. The monoisotopic (exact) mass is 362 g/mol. The van der Waals surface area contributed by atoms with E-state index in [4.69, 9.17) is 4.74 Å². The zero-order valence-corrected chi connectivity index (χ0v) is 15.6. The molecule has 0 saturated heterocycles. The fourth-order valence-corrected chi connectivity index (χ4v) is 3.33. The molecule has 7 heteroatoms. The molecule has 2 rings (SSSR count). The number of benzene rings is 2. The Kier molecular flexibility index (Phi) is 5.69. The number of sulfonamides is 1. The van der Waals surface area contributed by atoms with E-state index in [9.17, 15) is 13.2 Å². The molecule has 134 valence electrons. The van der Waals surface area contributed by atoms with E-state index in [1.54, 1.807) is 36.4 Å².